The van der Waals surface area contributed by atoms with E-state index in [0.29, 0.717) is 0 Å². The topological polar surface area (TPSA) is 103 Å². The molecule has 0 unspecified atom stereocenters. The van der Waals surface area contributed by atoms with Gasteiger partial charge in [0, 0.05) is 0 Å². The van der Waals surface area contributed by atoms with E-state index in [1.54, 1.807) is 0 Å². The van der Waals surface area contributed by atoms with E-state index in [9.17, 15) is 14.9 Å². The van der Waals surface area contributed by atoms with Crippen molar-refractivity contribution < 1.29 is 24.0 Å². The molecule has 2 rings (SSSR count). The van der Waals surface area contributed by atoms with Crippen LogP contribution in [-0.4, -0.2) is 16.0 Å². The number of carboxylic acid groups (broad SMARTS) is 1. The van der Waals surface area contributed by atoms with Crippen LogP contribution in [0.2, 0.25) is 5.02 Å². The second-order valence-electron chi connectivity index (χ2n) is 3.74. The smallest absolute Gasteiger partial charge is 0.433 e. The number of halogens is 1. The van der Waals surface area contributed by atoms with E-state index in [2.05, 4.69) is 0 Å². The Morgan fingerprint density at radius 2 is 2.15 bits per heavy atom. The first-order valence-electron chi connectivity index (χ1n) is 5.36. The Hall–Kier alpha value is -2.54. The van der Waals surface area contributed by atoms with Crippen LogP contribution in [0.1, 0.15) is 16.1 Å². The minimum absolute atomic E-state index is 0.0380. The highest BCUT2D eigenvalue weighted by Gasteiger charge is 2.13. The van der Waals surface area contributed by atoms with E-state index in [4.69, 9.17) is 25.9 Å². The highest BCUT2D eigenvalue weighted by atomic mass is 35.5. The fourth-order valence-corrected chi connectivity index (χ4v) is 1.68. The largest absolute Gasteiger partial charge is 0.484 e. The molecule has 0 aliphatic rings. The third-order valence-electron chi connectivity index (χ3n) is 2.38. The molecule has 0 atom stereocenters. The second kappa shape index (κ2) is 5.62. The van der Waals surface area contributed by atoms with Crippen molar-refractivity contribution in [3.8, 4) is 5.75 Å². The number of furan rings is 1. The Kier molecular flexibility index (Phi) is 3.90. The molecule has 0 saturated carbocycles. The number of benzene rings is 1. The quantitative estimate of drug-likeness (QED) is 0.672. The fraction of sp³-hybridized carbons (Fsp3) is 0.0833. The lowest BCUT2D eigenvalue weighted by Crippen LogP contribution is -1.98. The number of nitrogens with zero attached hydrogens (tertiary/aromatic N) is 1. The van der Waals surface area contributed by atoms with Crippen molar-refractivity contribution in [3.05, 3.63) is 56.8 Å². The van der Waals surface area contributed by atoms with Crippen molar-refractivity contribution in [1.82, 2.24) is 0 Å². The Labute approximate surface area is 117 Å². The summed E-state index contributed by atoms with van der Waals surface area (Å²) in [6.45, 7) is -0.0556. The van der Waals surface area contributed by atoms with E-state index >= 15 is 0 Å². The van der Waals surface area contributed by atoms with E-state index in [0.717, 1.165) is 0 Å². The van der Waals surface area contributed by atoms with Gasteiger partial charge < -0.3 is 14.3 Å². The number of carbonyl (C=O) groups is 1. The van der Waals surface area contributed by atoms with Crippen LogP contribution in [0.15, 0.2) is 34.7 Å². The third kappa shape index (κ3) is 3.07. The third-order valence-corrected chi connectivity index (χ3v) is 2.67. The minimum Gasteiger partial charge on any atom is -0.484 e. The zero-order valence-corrected chi connectivity index (χ0v) is 10.7. The molecule has 0 amide bonds. The molecular formula is C12H8ClNO6. The maximum Gasteiger partial charge on any atom is 0.433 e. The summed E-state index contributed by atoms with van der Waals surface area (Å²) in [6, 6.07) is 6.63. The average molecular weight is 298 g/mol. The first kappa shape index (κ1) is 13.9. The van der Waals surface area contributed by atoms with Gasteiger partial charge in [0.05, 0.1) is 16.7 Å². The lowest BCUT2D eigenvalue weighted by molar-refractivity contribution is -0.402. The number of ether oxygens (including phenoxy) is 1. The van der Waals surface area contributed by atoms with Crippen LogP contribution in [0.5, 0.6) is 5.75 Å². The maximum absolute atomic E-state index is 10.7. The van der Waals surface area contributed by atoms with Gasteiger partial charge in [-0.25, -0.2) is 4.79 Å². The molecule has 1 N–H and O–H groups in total. The van der Waals surface area contributed by atoms with Crippen molar-refractivity contribution in [1.29, 1.82) is 0 Å². The molecule has 0 saturated heterocycles. The summed E-state index contributed by atoms with van der Waals surface area (Å²) in [5.41, 5.74) is 0.0380. The molecule has 0 fully saturated rings. The summed E-state index contributed by atoms with van der Waals surface area (Å²) in [7, 11) is 0. The summed E-state index contributed by atoms with van der Waals surface area (Å²) in [5.74, 6) is -0.957. The van der Waals surface area contributed by atoms with Crippen LogP contribution >= 0.6 is 11.6 Å². The fourth-order valence-electron chi connectivity index (χ4n) is 1.44. The predicted octanol–water partition coefficient (Wildman–Crippen LogP) is 3.12. The van der Waals surface area contributed by atoms with Gasteiger partial charge in [0.2, 0.25) is 0 Å². The average Bonchev–Trinajstić information content (AvgIpc) is 2.86. The predicted molar refractivity (Wildman–Crippen MR) is 68.1 cm³/mol. The highest BCUT2D eigenvalue weighted by Crippen LogP contribution is 2.27. The van der Waals surface area contributed by atoms with Crippen LogP contribution in [0, 0.1) is 10.1 Å². The SMILES string of the molecule is O=C(O)c1ccc(OCc2ccc([N+](=O)[O-])o2)c(Cl)c1. The lowest BCUT2D eigenvalue weighted by atomic mass is 10.2. The molecule has 0 spiro atoms. The highest BCUT2D eigenvalue weighted by molar-refractivity contribution is 6.32. The Bertz CT molecular complexity index is 666. The molecule has 1 heterocycles. The molecule has 0 aliphatic heterocycles. The summed E-state index contributed by atoms with van der Waals surface area (Å²) in [6.07, 6.45) is 0. The Morgan fingerprint density at radius 1 is 1.40 bits per heavy atom. The van der Waals surface area contributed by atoms with Crippen LogP contribution in [0.25, 0.3) is 0 Å². The van der Waals surface area contributed by atoms with Crippen molar-refractivity contribution in [3.63, 3.8) is 0 Å². The van der Waals surface area contributed by atoms with Crippen LogP contribution in [0.4, 0.5) is 5.88 Å². The van der Waals surface area contributed by atoms with Crippen molar-refractivity contribution in [2.24, 2.45) is 0 Å². The van der Waals surface area contributed by atoms with Crippen LogP contribution in [0.3, 0.4) is 0 Å². The molecule has 0 bridgehead atoms. The molecule has 8 heteroatoms. The van der Waals surface area contributed by atoms with Gasteiger partial charge >= 0.3 is 11.9 Å². The molecule has 0 radical (unpaired) electrons. The molecule has 1 aromatic carbocycles. The van der Waals surface area contributed by atoms with Gasteiger partial charge in [0.1, 0.15) is 23.0 Å². The molecule has 20 heavy (non-hydrogen) atoms. The van der Waals surface area contributed by atoms with Gasteiger partial charge in [-0.2, -0.15) is 0 Å². The minimum atomic E-state index is -1.10. The molecule has 7 nitrogen and oxygen atoms in total. The van der Waals surface area contributed by atoms with E-state index < -0.39 is 10.9 Å². The van der Waals surface area contributed by atoms with Crippen LogP contribution in [-0.2, 0) is 6.61 Å². The van der Waals surface area contributed by atoms with E-state index in [1.165, 1.54) is 30.3 Å². The van der Waals surface area contributed by atoms with Crippen molar-refractivity contribution in [2.75, 3.05) is 0 Å². The van der Waals surface area contributed by atoms with Gasteiger partial charge in [-0.05, 0) is 24.3 Å². The number of rotatable bonds is 5. The normalized spacial score (nSPS) is 10.2. The Balaban J connectivity index is 2.06. The number of carboxylic acids is 1. The number of hydrogen-bond donors (Lipinski definition) is 1. The standard InChI is InChI=1S/C12H8ClNO6/c13-9-5-7(12(15)16)1-3-10(9)19-6-8-2-4-11(20-8)14(17)18/h1-5H,6H2,(H,15,16). The van der Waals surface area contributed by atoms with Crippen molar-refractivity contribution >= 4 is 23.5 Å². The summed E-state index contributed by atoms with van der Waals surface area (Å²) >= 11 is 5.87. The van der Waals surface area contributed by atoms with Crippen LogP contribution < -0.4 is 4.74 Å². The number of aromatic carboxylic acids is 1. The van der Waals surface area contributed by atoms with Gasteiger partial charge in [0.25, 0.3) is 0 Å². The first-order chi connectivity index (χ1) is 9.47. The zero-order valence-electron chi connectivity index (χ0n) is 9.91. The molecule has 1 aromatic heterocycles. The lowest BCUT2D eigenvalue weighted by Gasteiger charge is -2.06. The summed E-state index contributed by atoms with van der Waals surface area (Å²) in [4.78, 5) is 20.5. The molecule has 0 aliphatic carbocycles. The van der Waals surface area contributed by atoms with E-state index in [1.807, 2.05) is 0 Å². The first-order valence-corrected chi connectivity index (χ1v) is 5.74. The number of hydrogen-bond acceptors (Lipinski definition) is 5. The van der Waals surface area contributed by atoms with Gasteiger partial charge in [-0.3, -0.25) is 10.1 Å². The molecular weight excluding hydrogens is 290 g/mol. The van der Waals surface area contributed by atoms with E-state index in [-0.39, 0.29) is 34.6 Å². The summed E-state index contributed by atoms with van der Waals surface area (Å²) in [5, 5.41) is 19.4. The van der Waals surface area contributed by atoms with Gasteiger partial charge in [0.15, 0.2) is 0 Å². The monoisotopic (exact) mass is 297 g/mol. The van der Waals surface area contributed by atoms with Crippen molar-refractivity contribution in [2.45, 2.75) is 6.61 Å². The van der Waals surface area contributed by atoms with Gasteiger partial charge in [-0.15, -0.1) is 0 Å². The molecule has 2 aromatic rings. The summed E-state index contributed by atoms with van der Waals surface area (Å²) < 4.78 is 10.2. The number of nitro groups is 1. The second-order valence-corrected chi connectivity index (χ2v) is 4.14. The molecule has 104 valence electrons. The zero-order chi connectivity index (χ0) is 14.7. The van der Waals surface area contributed by atoms with Gasteiger partial charge in [-0.1, -0.05) is 11.6 Å². The Morgan fingerprint density at radius 3 is 2.70 bits per heavy atom. The maximum atomic E-state index is 10.7.